The molecule has 7 heteroatoms. The minimum absolute atomic E-state index is 0.00171. The summed E-state index contributed by atoms with van der Waals surface area (Å²) in [5.41, 5.74) is -1.77. The molecule has 0 unspecified atom stereocenters. The van der Waals surface area contributed by atoms with E-state index in [-0.39, 0.29) is 16.8 Å². The molecule has 1 amide bonds. The van der Waals surface area contributed by atoms with Crippen molar-refractivity contribution in [2.24, 2.45) is 0 Å². The minimum atomic E-state index is -2.81. The first-order chi connectivity index (χ1) is 8.72. The molecule has 0 bridgehead atoms. The van der Waals surface area contributed by atoms with Gasteiger partial charge in [-0.3, -0.25) is 5.32 Å². The van der Waals surface area contributed by atoms with Gasteiger partial charge in [-0.1, -0.05) is 0 Å². The highest BCUT2D eigenvalue weighted by molar-refractivity contribution is 6.01. The number of aromatic carboxylic acids is 1. The lowest BCUT2D eigenvalue weighted by molar-refractivity contribution is 0.0415. The Kier molecular flexibility index (Phi) is 2.92. The second-order valence-corrected chi connectivity index (χ2v) is 4.62. The number of hydrogen-bond acceptors (Lipinski definition) is 3. The zero-order valence-corrected chi connectivity index (χ0v) is 10.2. The number of halogens is 2. The van der Waals surface area contributed by atoms with E-state index in [4.69, 9.17) is 9.84 Å². The number of rotatable bonds is 2. The fourth-order valence-corrected chi connectivity index (χ4v) is 1.98. The number of fused-ring (bicyclic) bond motifs is 1. The van der Waals surface area contributed by atoms with E-state index >= 15 is 0 Å². The average molecular weight is 271 g/mol. The zero-order chi connectivity index (χ0) is 14.4. The van der Waals surface area contributed by atoms with Gasteiger partial charge in [0, 0.05) is 11.1 Å². The van der Waals surface area contributed by atoms with Crippen LogP contribution in [0.2, 0.25) is 0 Å². The summed E-state index contributed by atoms with van der Waals surface area (Å²) in [4.78, 5) is 22.5. The number of hydrogen-bond donors (Lipinski definition) is 2. The van der Waals surface area contributed by atoms with Gasteiger partial charge in [0.05, 0.1) is 11.3 Å². The third kappa shape index (κ3) is 2.23. The SMILES string of the molecule is CC1(C)OC(=O)Nc2c(C(=O)O)cc(C(F)F)cc21. The number of alkyl halides is 2. The predicted molar refractivity (Wildman–Crippen MR) is 61.5 cm³/mol. The van der Waals surface area contributed by atoms with E-state index in [9.17, 15) is 18.4 Å². The number of carbonyl (C=O) groups is 2. The molecule has 1 aromatic rings. The van der Waals surface area contributed by atoms with E-state index in [1.807, 2.05) is 0 Å². The molecule has 0 atom stereocenters. The number of carboxylic acids is 1. The van der Waals surface area contributed by atoms with Gasteiger partial charge >= 0.3 is 12.1 Å². The molecule has 2 N–H and O–H groups in total. The largest absolute Gasteiger partial charge is 0.478 e. The summed E-state index contributed by atoms with van der Waals surface area (Å²) in [6, 6.07) is 2.00. The van der Waals surface area contributed by atoms with Crippen molar-refractivity contribution in [2.75, 3.05) is 5.32 Å². The Morgan fingerprint density at radius 1 is 1.42 bits per heavy atom. The average Bonchev–Trinajstić information content (AvgIpc) is 2.26. The number of carboxylic acid groups (broad SMARTS) is 1. The molecule has 0 radical (unpaired) electrons. The number of ether oxygens (including phenoxy) is 1. The molecule has 5 nitrogen and oxygen atoms in total. The van der Waals surface area contributed by atoms with Gasteiger partial charge in [0.1, 0.15) is 5.60 Å². The maximum atomic E-state index is 12.8. The summed E-state index contributed by atoms with van der Waals surface area (Å²) in [7, 11) is 0. The minimum Gasteiger partial charge on any atom is -0.478 e. The van der Waals surface area contributed by atoms with E-state index < -0.39 is 29.7 Å². The van der Waals surface area contributed by atoms with Crippen LogP contribution in [0.4, 0.5) is 19.3 Å². The molecule has 2 rings (SSSR count). The molecule has 1 aliphatic heterocycles. The van der Waals surface area contributed by atoms with Crippen LogP contribution >= 0.6 is 0 Å². The van der Waals surface area contributed by atoms with Gasteiger partial charge in [-0.2, -0.15) is 0 Å². The Bertz CT molecular complexity index is 569. The Balaban J connectivity index is 2.74. The Hall–Kier alpha value is -2.18. The van der Waals surface area contributed by atoms with Crippen molar-refractivity contribution < 1.29 is 28.2 Å². The van der Waals surface area contributed by atoms with Crippen molar-refractivity contribution in [1.82, 2.24) is 0 Å². The Morgan fingerprint density at radius 3 is 2.58 bits per heavy atom. The van der Waals surface area contributed by atoms with E-state index in [2.05, 4.69) is 5.32 Å². The maximum Gasteiger partial charge on any atom is 0.412 e. The fraction of sp³-hybridized carbons (Fsp3) is 0.333. The highest BCUT2D eigenvalue weighted by Crippen LogP contribution is 2.40. The summed E-state index contributed by atoms with van der Waals surface area (Å²) in [6.45, 7) is 3.01. The van der Waals surface area contributed by atoms with Crippen LogP contribution in [0.15, 0.2) is 12.1 Å². The molecule has 0 spiro atoms. The van der Waals surface area contributed by atoms with Crippen LogP contribution in [0.5, 0.6) is 0 Å². The first kappa shape index (κ1) is 13.3. The monoisotopic (exact) mass is 271 g/mol. The van der Waals surface area contributed by atoms with Crippen LogP contribution in [-0.2, 0) is 10.3 Å². The van der Waals surface area contributed by atoms with Crippen LogP contribution in [0.1, 0.15) is 41.8 Å². The van der Waals surface area contributed by atoms with Crippen molar-refractivity contribution in [3.63, 3.8) is 0 Å². The first-order valence-corrected chi connectivity index (χ1v) is 5.42. The van der Waals surface area contributed by atoms with E-state index in [1.54, 1.807) is 0 Å². The molecule has 0 saturated carbocycles. The second kappa shape index (κ2) is 4.18. The zero-order valence-electron chi connectivity index (χ0n) is 10.2. The van der Waals surface area contributed by atoms with Crippen molar-refractivity contribution in [2.45, 2.75) is 25.9 Å². The van der Waals surface area contributed by atoms with Crippen LogP contribution in [0.3, 0.4) is 0 Å². The number of carbonyl (C=O) groups excluding carboxylic acids is 1. The smallest absolute Gasteiger partial charge is 0.412 e. The highest BCUT2D eigenvalue weighted by atomic mass is 19.3. The number of cyclic esters (lactones) is 1. The molecule has 19 heavy (non-hydrogen) atoms. The molecule has 1 heterocycles. The lowest BCUT2D eigenvalue weighted by Gasteiger charge is -2.33. The van der Waals surface area contributed by atoms with Gasteiger partial charge in [-0.25, -0.2) is 18.4 Å². The van der Waals surface area contributed by atoms with Crippen LogP contribution < -0.4 is 5.32 Å². The topological polar surface area (TPSA) is 75.6 Å². The number of nitrogens with one attached hydrogen (secondary N) is 1. The molecule has 102 valence electrons. The van der Waals surface area contributed by atoms with Crippen LogP contribution in [-0.4, -0.2) is 17.2 Å². The Morgan fingerprint density at radius 2 is 2.05 bits per heavy atom. The van der Waals surface area contributed by atoms with Crippen molar-refractivity contribution >= 4 is 17.7 Å². The predicted octanol–water partition coefficient (Wildman–Crippen LogP) is 3.12. The van der Waals surface area contributed by atoms with Crippen molar-refractivity contribution in [1.29, 1.82) is 0 Å². The summed E-state index contributed by atoms with van der Waals surface area (Å²) in [6.07, 6.45) is -3.62. The molecule has 0 aromatic heterocycles. The van der Waals surface area contributed by atoms with Crippen LogP contribution in [0.25, 0.3) is 0 Å². The molecule has 0 fully saturated rings. The van der Waals surface area contributed by atoms with Crippen molar-refractivity contribution in [3.05, 3.63) is 28.8 Å². The molecule has 0 saturated heterocycles. The third-order valence-corrected chi connectivity index (χ3v) is 2.87. The molecule has 1 aliphatic rings. The van der Waals surface area contributed by atoms with Gasteiger partial charge in [0.2, 0.25) is 0 Å². The quantitative estimate of drug-likeness (QED) is 0.866. The van der Waals surface area contributed by atoms with E-state index in [1.165, 1.54) is 13.8 Å². The van der Waals surface area contributed by atoms with Crippen LogP contribution in [0, 0.1) is 0 Å². The Labute approximate surface area is 107 Å². The number of amides is 1. The lowest BCUT2D eigenvalue weighted by atomic mass is 9.90. The fourth-order valence-electron chi connectivity index (χ4n) is 1.98. The lowest BCUT2D eigenvalue weighted by Crippen LogP contribution is -2.36. The summed E-state index contributed by atoms with van der Waals surface area (Å²) in [5.74, 6) is -1.39. The molecular weight excluding hydrogens is 260 g/mol. The van der Waals surface area contributed by atoms with Gasteiger partial charge < -0.3 is 9.84 Å². The van der Waals surface area contributed by atoms with Gasteiger partial charge in [0.25, 0.3) is 6.43 Å². The summed E-state index contributed by atoms with van der Waals surface area (Å²) in [5, 5.41) is 11.3. The first-order valence-electron chi connectivity index (χ1n) is 5.42. The standard InChI is InChI=1S/C12H11F2NO4/c1-12(2)7-4-5(9(13)14)3-6(10(16)17)8(7)15-11(18)19-12/h3-4,9H,1-2H3,(H,15,18)(H,16,17). The van der Waals surface area contributed by atoms with E-state index in [0.29, 0.717) is 0 Å². The molecule has 1 aromatic carbocycles. The van der Waals surface area contributed by atoms with Crippen molar-refractivity contribution in [3.8, 4) is 0 Å². The number of anilines is 1. The summed E-state index contributed by atoms with van der Waals surface area (Å²) >= 11 is 0. The summed E-state index contributed by atoms with van der Waals surface area (Å²) < 4.78 is 30.6. The van der Waals surface area contributed by atoms with Gasteiger partial charge in [-0.15, -0.1) is 0 Å². The third-order valence-electron chi connectivity index (χ3n) is 2.87. The highest BCUT2D eigenvalue weighted by Gasteiger charge is 2.37. The molecular formula is C12H11F2NO4. The molecule has 0 aliphatic carbocycles. The van der Waals surface area contributed by atoms with Gasteiger partial charge in [0.15, 0.2) is 0 Å². The second-order valence-electron chi connectivity index (χ2n) is 4.62. The van der Waals surface area contributed by atoms with Gasteiger partial charge in [-0.05, 0) is 26.0 Å². The van der Waals surface area contributed by atoms with E-state index in [0.717, 1.165) is 12.1 Å². The number of benzene rings is 1. The normalized spacial score (nSPS) is 16.6. The maximum absolute atomic E-state index is 12.8.